The van der Waals surface area contributed by atoms with E-state index in [0.717, 1.165) is 5.56 Å². The quantitative estimate of drug-likeness (QED) is 0.311. The van der Waals surface area contributed by atoms with Crippen LogP contribution in [0.4, 0.5) is 9.52 Å². The molecule has 0 aliphatic carbocycles. The maximum atomic E-state index is 13.6. The fourth-order valence-electron chi connectivity index (χ4n) is 2.92. The molecular weight excluding hydrogens is 417 g/mol. The summed E-state index contributed by atoms with van der Waals surface area (Å²) in [5.41, 5.74) is 1.74. The van der Waals surface area contributed by atoms with Crippen LogP contribution in [0.5, 0.6) is 11.5 Å². The summed E-state index contributed by atoms with van der Waals surface area (Å²) in [7, 11) is 3.02. The van der Waals surface area contributed by atoms with Crippen LogP contribution in [0.1, 0.15) is 15.9 Å². The molecule has 0 saturated heterocycles. The maximum absolute atomic E-state index is 13.6. The lowest BCUT2D eigenvalue weighted by molar-refractivity contribution is 0.0987. The summed E-state index contributed by atoms with van der Waals surface area (Å²) in [6, 6.07) is 18.5. The molecular formula is C23H18FN3O3S. The highest BCUT2D eigenvalue weighted by Crippen LogP contribution is 2.32. The van der Waals surface area contributed by atoms with Crippen molar-refractivity contribution < 1.29 is 18.7 Å². The van der Waals surface area contributed by atoms with E-state index in [4.69, 9.17) is 9.47 Å². The van der Waals surface area contributed by atoms with Crippen molar-refractivity contribution in [1.82, 2.24) is 4.98 Å². The van der Waals surface area contributed by atoms with E-state index in [-0.39, 0.29) is 5.82 Å². The zero-order chi connectivity index (χ0) is 21.8. The lowest BCUT2D eigenvalue weighted by atomic mass is 10.2. The SMILES string of the molecule is COc1ccc(C(=O)N(/N=C/c2ccccc2)c2nc3ccc(F)cc3s2)cc1OC. The Balaban J connectivity index is 1.77. The Hall–Kier alpha value is -3.78. The van der Waals surface area contributed by atoms with Gasteiger partial charge in [-0.3, -0.25) is 4.79 Å². The van der Waals surface area contributed by atoms with Gasteiger partial charge in [-0.15, -0.1) is 0 Å². The average molecular weight is 435 g/mol. The minimum Gasteiger partial charge on any atom is -0.493 e. The highest BCUT2D eigenvalue weighted by molar-refractivity contribution is 7.22. The van der Waals surface area contributed by atoms with E-state index in [0.29, 0.717) is 32.4 Å². The Morgan fingerprint density at radius 1 is 1.03 bits per heavy atom. The number of carbonyl (C=O) groups is 1. The molecule has 4 rings (SSSR count). The third kappa shape index (κ3) is 4.39. The number of aromatic nitrogens is 1. The first-order valence-corrected chi connectivity index (χ1v) is 10.1. The van der Waals surface area contributed by atoms with Crippen molar-refractivity contribution in [3.8, 4) is 11.5 Å². The van der Waals surface area contributed by atoms with Gasteiger partial charge in [0.1, 0.15) is 5.82 Å². The van der Waals surface area contributed by atoms with Gasteiger partial charge in [-0.25, -0.2) is 9.37 Å². The lowest BCUT2D eigenvalue weighted by Crippen LogP contribution is -2.25. The number of hydrazone groups is 1. The molecule has 0 bridgehead atoms. The minimum atomic E-state index is -0.410. The number of carbonyl (C=O) groups excluding carboxylic acids is 1. The smallest absolute Gasteiger partial charge is 0.280 e. The van der Waals surface area contributed by atoms with Gasteiger partial charge < -0.3 is 9.47 Å². The zero-order valence-corrected chi connectivity index (χ0v) is 17.6. The third-order valence-corrected chi connectivity index (χ3v) is 5.46. The first-order chi connectivity index (χ1) is 15.1. The van der Waals surface area contributed by atoms with E-state index in [1.165, 1.54) is 42.7 Å². The van der Waals surface area contributed by atoms with E-state index in [2.05, 4.69) is 10.1 Å². The number of anilines is 1. The van der Waals surface area contributed by atoms with Gasteiger partial charge in [0.15, 0.2) is 11.5 Å². The molecule has 0 spiro atoms. The van der Waals surface area contributed by atoms with Crippen LogP contribution in [0, 0.1) is 5.82 Å². The van der Waals surface area contributed by atoms with Gasteiger partial charge >= 0.3 is 0 Å². The van der Waals surface area contributed by atoms with Gasteiger partial charge in [0.2, 0.25) is 5.13 Å². The Kier molecular flexibility index (Phi) is 5.90. The van der Waals surface area contributed by atoms with Crippen LogP contribution in [0.15, 0.2) is 71.8 Å². The van der Waals surface area contributed by atoms with Gasteiger partial charge in [-0.05, 0) is 42.0 Å². The summed E-state index contributed by atoms with van der Waals surface area (Å²) < 4.78 is 24.8. The molecule has 0 N–H and O–H groups in total. The van der Waals surface area contributed by atoms with Gasteiger partial charge in [-0.1, -0.05) is 41.7 Å². The van der Waals surface area contributed by atoms with Crippen molar-refractivity contribution in [3.05, 3.63) is 83.7 Å². The van der Waals surface area contributed by atoms with Crippen molar-refractivity contribution in [2.75, 3.05) is 19.2 Å². The number of nitrogens with zero attached hydrogens (tertiary/aromatic N) is 3. The summed E-state index contributed by atoms with van der Waals surface area (Å²) in [5.74, 6) is 0.154. The predicted molar refractivity (Wildman–Crippen MR) is 120 cm³/mol. The van der Waals surface area contributed by atoms with Crippen molar-refractivity contribution in [2.24, 2.45) is 5.10 Å². The number of amides is 1. The average Bonchev–Trinajstić information content (AvgIpc) is 3.22. The van der Waals surface area contributed by atoms with E-state index in [9.17, 15) is 9.18 Å². The summed E-state index contributed by atoms with van der Waals surface area (Å²) >= 11 is 1.18. The number of methoxy groups -OCH3 is 2. The second-order valence-electron chi connectivity index (χ2n) is 6.45. The highest BCUT2D eigenvalue weighted by atomic mass is 32.1. The molecule has 8 heteroatoms. The van der Waals surface area contributed by atoms with Gasteiger partial charge in [0.05, 0.1) is 30.7 Å². The molecule has 3 aromatic carbocycles. The molecule has 1 aromatic heterocycles. The van der Waals surface area contributed by atoms with Crippen LogP contribution >= 0.6 is 11.3 Å². The summed E-state index contributed by atoms with van der Waals surface area (Å²) in [5, 5.41) is 5.93. The number of rotatable bonds is 6. The van der Waals surface area contributed by atoms with Crippen LogP contribution < -0.4 is 14.5 Å². The van der Waals surface area contributed by atoms with Crippen LogP contribution in [-0.4, -0.2) is 31.3 Å². The van der Waals surface area contributed by atoms with Crippen LogP contribution in [0.25, 0.3) is 10.2 Å². The van der Waals surface area contributed by atoms with Crippen molar-refractivity contribution in [3.63, 3.8) is 0 Å². The summed E-state index contributed by atoms with van der Waals surface area (Å²) in [4.78, 5) is 17.9. The molecule has 1 amide bonds. The molecule has 0 saturated carbocycles. The standard InChI is InChI=1S/C23H18FN3O3S/c1-29-19-11-8-16(12-20(19)30-2)22(28)27(25-14-15-6-4-3-5-7-15)23-26-18-10-9-17(24)13-21(18)31-23/h3-14H,1-2H3/b25-14+. The molecule has 0 aliphatic heterocycles. The zero-order valence-electron chi connectivity index (χ0n) is 16.8. The Labute approximate surface area is 182 Å². The monoisotopic (exact) mass is 435 g/mol. The molecule has 0 atom stereocenters. The second kappa shape index (κ2) is 8.93. The Morgan fingerprint density at radius 3 is 2.55 bits per heavy atom. The van der Waals surface area contributed by atoms with Crippen LogP contribution in [-0.2, 0) is 0 Å². The number of benzene rings is 3. The first kappa shape index (κ1) is 20.5. The number of fused-ring (bicyclic) bond motifs is 1. The minimum absolute atomic E-state index is 0.326. The lowest BCUT2D eigenvalue weighted by Gasteiger charge is -2.15. The molecule has 0 radical (unpaired) electrons. The van der Waals surface area contributed by atoms with Gasteiger partial charge in [0.25, 0.3) is 5.91 Å². The van der Waals surface area contributed by atoms with Crippen molar-refractivity contribution in [1.29, 1.82) is 0 Å². The van der Waals surface area contributed by atoms with E-state index in [1.54, 1.807) is 30.5 Å². The first-order valence-electron chi connectivity index (χ1n) is 9.30. The topological polar surface area (TPSA) is 64.0 Å². The molecule has 1 heterocycles. The van der Waals surface area contributed by atoms with E-state index >= 15 is 0 Å². The van der Waals surface area contributed by atoms with Gasteiger partial charge in [-0.2, -0.15) is 10.1 Å². The summed E-state index contributed by atoms with van der Waals surface area (Å²) in [6.45, 7) is 0. The van der Waals surface area contributed by atoms with Crippen LogP contribution in [0.2, 0.25) is 0 Å². The maximum Gasteiger partial charge on any atom is 0.280 e. The fourth-order valence-corrected chi connectivity index (χ4v) is 3.87. The predicted octanol–water partition coefficient (Wildman–Crippen LogP) is 5.13. The van der Waals surface area contributed by atoms with Gasteiger partial charge in [0, 0.05) is 5.56 Å². The molecule has 0 aliphatic rings. The number of ether oxygens (including phenoxy) is 2. The second-order valence-corrected chi connectivity index (χ2v) is 7.46. The molecule has 0 fully saturated rings. The Bertz CT molecular complexity index is 1260. The number of thiazole rings is 1. The van der Waals surface area contributed by atoms with E-state index < -0.39 is 5.91 Å². The largest absolute Gasteiger partial charge is 0.493 e. The highest BCUT2D eigenvalue weighted by Gasteiger charge is 2.22. The normalized spacial score (nSPS) is 11.1. The fraction of sp³-hybridized carbons (Fsp3) is 0.0870. The molecule has 4 aromatic rings. The molecule has 0 unspecified atom stereocenters. The molecule has 156 valence electrons. The molecule has 31 heavy (non-hydrogen) atoms. The summed E-state index contributed by atoms with van der Waals surface area (Å²) in [6.07, 6.45) is 1.57. The molecule has 6 nitrogen and oxygen atoms in total. The van der Waals surface area contributed by atoms with E-state index in [1.807, 2.05) is 30.3 Å². The van der Waals surface area contributed by atoms with Crippen LogP contribution in [0.3, 0.4) is 0 Å². The van der Waals surface area contributed by atoms with Crippen molar-refractivity contribution in [2.45, 2.75) is 0 Å². The Morgan fingerprint density at radius 2 is 1.81 bits per heavy atom. The van der Waals surface area contributed by atoms with Crippen molar-refractivity contribution >= 4 is 38.8 Å². The third-order valence-electron chi connectivity index (χ3n) is 4.47. The number of hydrogen-bond acceptors (Lipinski definition) is 6. The number of halogens is 1. The number of hydrogen-bond donors (Lipinski definition) is 0.